The highest BCUT2D eigenvalue weighted by Gasteiger charge is 2.20. The monoisotopic (exact) mass is 299 g/mol. The van der Waals surface area contributed by atoms with E-state index >= 15 is 0 Å². The number of rotatable bonds is 5. The SMILES string of the molecule is O=C(CCCOc1ccc(F)cc1F)N1CCC(O)CC1. The average Bonchev–Trinajstić information content (AvgIpc) is 2.46. The standard InChI is InChI=1S/C15H19F2NO3/c16-11-3-4-14(13(17)10-11)21-9-1-2-15(20)18-7-5-12(19)6-8-18/h3-4,10,12,19H,1-2,5-9H2. The lowest BCUT2D eigenvalue weighted by Crippen LogP contribution is -2.40. The summed E-state index contributed by atoms with van der Waals surface area (Å²) in [7, 11) is 0. The summed E-state index contributed by atoms with van der Waals surface area (Å²) in [6, 6.07) is 3.13. The summed E-state index contributed by atoms with van der Waals surface area (Å²) in [4.78, 5) is 13.6. The second-order valence-corrected chi connectivity index (χ2v) is 5.14. The minimum absolute atomic E-state index is 0.00931. The quantitative estimate of drug-likeness (QED) is 0.847. The van der Waals surface area contributed by atoms with Crippen molar-refractivity contribution < 1.29 is 23.4 Å². The molecule has 1 amide bonds. The second-order valence-electron chi connectivity index (χ2n) is 5.14. The van der Waals surface area contributed by atoms with E-state index in [1.165, 1.54) is 6.07 Å². The molecule has 0 aliphatic carbocycles. The number of nitrogens with zero attached hydrogens (tertiary/aromatic N) is 1. The van der Waals surface area contributed by atoms with Crippen molar-refractivity contribution in [2.75, 3.05) is 19.7 Å². The van der Waals surface area contributed by atoms with Gasteiger partial charge in [-0.25, -0.2) is 8.78 Å². The van der Waals surface area contributed by atoms with Crippen molar-refractivity contribution in [1.29, 1.82) is 0 Å². The number of hydrogen-bond donors (Lipinski definition) is 1. The Kier molecular flexibility index (Phi) is 5.50. The number of amides is 1. The molecule has 0 aromatic heterocycles. The van der Waals surface area contributed by atoms with Crippen LogP contribution in [-0.2, 0) is 4.79 Å². The van der Waals surface area contributed by atoms with Crippen LogP contribution in [0.5, 0.6) is 5.75 Å². The van der Waals surface area contributed by atoms with E-state index in [0.29, 0.717) is 38.8 Å². The number of aliphatic hydroxyl groups excluding tert-OH is 1. The molecule has 0 atom stereocenters. The Morgan fingerprint density at radius 2 is 2.05 bits per heavy atom. The predicted octanol–water partition coefficient (Wildman–Crippen LogP) is 2.11. The van der Waals surface area contributed by atoms with Gasteiger partial charge in [0.2, 0.25) is 5.91 Å². The maximum absolute atomic E-state index is 13.3. The van der Waals surface area contributed by atoms with Gasteiger partial charge in [0, 0.05) is 25.6 Å². The number of piperidine rings is 1. The third-order valence-corrected chi connectivity index (χ3v) is 3.50. The molecule has 0 saturated carbocycles. The molecule has 1 aliphatic rings. The zero-order chi connectivity index (χ0) is 15.2. The largest absolute Gasteiger partial charge is 0.491 e. The lowest BCUT2D eigenvalue weighted by molar-refractivity contribution is -0.133. The first-order valence-corrected chi connectivity index (χ1v) is 7.10. The molecule has 1 saturated heterocycles. The maximum Gasteiger partial charge on any atom is 0.222 e. The fourth-order valence-corrected chi connectivity index (χ4v) is 2.27. The fourth-order valence-electron chi connectivity index (χ4n) is 2.27. The number of halogens is 2. The molecular formula is C15H19F2NO3. The van der Waals surface area contributed by atoms with Crippen molar-refractivity contribution in [1.82, 2.24) is 4.90 Å². The number of hydrogen-bond acceptors (Lipinski definition) is 3. The Morgan fingerprint density at radius 1 is 1.33 bits per heavy atom. The van der Waals surface area contributed by atoms with Gasteiger partial charge in [-0.3, -0.25) is 4.79 Å². The number of carbonyl (C=O) groups is 1. The van der Waals surface area contributed by atoms with E-state index in [1.807, 2.05) is 0 Å². The van der Waals surface area contributed by atoms with Crippen LogP contribution < -0.4 is 4.74 Å². The van der Waals surface area contributed by atoms with Gasteiger partial charge in [-0.05, 0) is 31.4 Å². The normalized spacial score (nSPS) is 16.0. The van der Waals surface area contributed by atoms with Gasteiger partial charge in [-0.1, -0.05) is 0 Å². The van der Waals surface area contributed by atoms with E-state index in [2.05, 4.69) is 0 Å². The number of ether oxygens (including phenoxy) is 1. The van der Waals surface area contributed by atoms with Crippen LogP contribution in [0.25, 0.3) is 0 Å². The van der Waals surface area contributed by atoms with Crippen LogP contribution in [0.4, 0.5) is 8.78 Å². The Labute approximate surface area is 122 Å². The first kappa shape index (κ1) is 15.7. The summed E-state index contributed by atoms with van der Waals surface area (Å²) >= 11 is 0. The van der Waals surface area contributed by atoms with Gasteiger partial charge in [-0.15, -0.1) is 0 Å². The summed E-state index contributed by atoms with van der Waals surface area (Å²) in [6.45, 7) is 1.35. The van der Waals surface area contributed by atoms with Gasteiger partial charge in [0.05, 0.1) is 12.7 Å². The van der Waals surface area contributed by atoms with Crippen molar-refractivity contribution in [2.45, 2.75) is 31.8 Å². The average molecular weight is 299 g/mol. The topological polar surface area (TPSA) is 49.8 Å². The summed E-state index contributed by atoms with van der Waals surface area (Å²) in [5.74, 6) is -1.39. The summed E-state index contributed by atoms with van der Waals surface area (Å²) in [6.07, 6.45) is 1.71. The van der Waals surface area contributed by atoms with Crippen LogP contribution >= 0.6 is 0 Å². The predicted molar refractivity (Wildman–Crippen MR) is 72.9 cm³/mol. The van der Waals surface area contributed by atoms with Crippen molar-refractivity contribution in [3.8, 4) is 5.75 Å². The third kappa shape index (κ3) is 4.67. The van der Waals surface area contributed by atoms with Crippen LogP contribution in [0, 0.1) is 11.6 Å². The third-order valence-electron chi connectivity index (χ3n) is 3.50. The van der Waals surface area contributed by atoms with Crippen LogP contribution in [0.3, 0.4) is 0 Å². The molecule has 1 aromatic carbocycles. The number of carbonyl (C=O) groups excluding carboxylic acids is 1. The van der Waals surface area contributed by atoms with Gasteiger partial charge in [-0.2, -0.15) is 0 Å². The highest BCUT2D eigenvalue weighted by Crippen LogP contribution is 2.18. The van der Waals surface area contributed by atoms with Gasteiger partial charge in [0.1, 0.15) is 5.82 Å². The van der Waals surface area contributed by atoms with Crippen LogP contribution in [0.1, 0.15) is 25.7 Å². The second kappa shape index (κ2) is 7.36. The Hall–Kier alpha value is -1.69. The lowest BCUT2D eigenvalue weighted by atomic mass is 10.1. The zero-order valence-electron chi connectivity index (χ0n) is 11.7. The Bertz CT molecular complexity index is 488. The molecule has 0 spiro atoms. The molecule has 0 radical (unpaired) electrons. The Balaban J connectivity index is 1.68. The molecule has 0 unspecified atom stereocenters. The van der Waals surface area contributed by atoms with Gasteiger partial charge in [0.15, 0.2) is 11.6 Å². The molecular weight excluding hydrogens is 280 g/mol. The minimum atomic E-state index is -0.744. The molecule has 1 fully saturated rings. The molecule has 1 aromatic rings. The van der Waals surface area contributed by atoms with Gasteiger partial charge >= 0.3 is 0 Å². The zero-order valence-corrected chi connectivity index (χ0v) is 11.7. The maximum atomic E-state index is 13.3. The van der Waals surface area contributed by atoms with Gasteiger partial charge < -0.3 is 14.7 Å². The van der Waals surface area contributed by atoms with Gasteiger partial charge in [0.25, 0.3) is 0 Å². The lowest BCUT2D eigenvalue weighted by Gasteiger charge is -2.29. The fraction of sp³-hybridized carbons (Fsp3) is 0.533. The molecule has 2 rings (SSSR count). The molecule has 0 bridgehead atoms. The van der Waals surface area contributed by atoms with Crippen LogP contribution in [0.15, 0.2) is 18.2 Å². The number of benzene rings is 1. The summed E-state index contributed by atoms with van der Waals surface area (Å²) < 4.78 is 31.2. The van der Waals surface area contributed by atoms with Crippen molar-refractivity contribution in [2.24, 2.45) is 0 Å². The molecule has 4 nitrogen and oxygen atoms in total. The van der Waals surface area contributed by atoms with E-state index in [0.717, 1.165) is 12.1 Å². The van der Waals surface area contributed by atoms with Crippen molar-refractivity contribution in [3.63, 3.8) is 0 Å². The number of aliphatic hydroxyl groups is 1. The summed E-state index contributed by atoms with van der Waals surface area (Å²) in [5.41, 5.74) is 0. The van der Waals surface area contributed by atoms with E-state index in [1.54, 1.807) is 4.90 Å². The summed E-state index contributed by atoms with van der Waals surface area (Å²) in [5, 5.41) is 9.37. The smallest absolute Gasteiger partial charge is 0.222 e. The minimum Gasteiger partial charge on any atom is -0.491 e. The first-order valence-electron chi connectivity index (χ1n) is 7.10. The van der Waals surface area contributed by atoms with E-state index in [9.17, 15) is 18.7 Å². The van der Waals surface area contributed by atoms with Crippen LogP contribution in [0.2, 0.25) is 0 Å². The molecule has 1 aliphatic heterocycles. The highest BCUT2D eigenvalue weighted by atomic mass is 19.1. The highest BCUT2D eigenvalue weighted by molar-refractivity contribution is 5.76. The molecule has 21 heavy (non-hydrogen) atoms. The van der Waals surface area contributed by atoms with E-state index in [-0.39, 0.29) is 24.4 Å². The van der Waals surface area contributed by atoms with Crippen LogP contribution in [-0.4, -0.2) is 41.7 Å². The van der Waals surface area contributed by atoms with E-state index < -0.39 is 11.6 Å². The molecule has 116 valence electrons. The number of likely N-dealkylation sites (tertiary alicyclic amines) is 1. The Morgan fingerprint density at radius 3 is 2.71 bits per heavy atom. The van der Waals surface area contributed by atoms with Crippen molar-refractivity contribution >= 4 is 5.91 Å². The molecule has 6 heteroatoms. The first-order chi connectivity index (χ1) is 10.1. The van der Waals surface area contributed by atoms with E-state index in [4.69, 9.17) is 4.74 Å². The molecule has 1 N–H and O–H groups in total. The van der Waals surface area contributed by atoms with Crippen molar-refractivity contribution in [3.05, 3.63) is 29.8 Å². The molecule has 1 heterocycles.